The molecule has 0 aliphatic carbocycles. The number of nitrogens with one attached hydrogen (secondary N) is 4. The van der Waals surface area contributed by atoms with Gasteiger partial charge in [0.05, 0.1) is 55.1 Å². The van der Waals surface area contributed by atoms with Gasteiger partial charge in [-0.25, -0.2) is 48.7 Å². The number of carbonyl (C=O) groups is 4. The number of aromatic nitrogens is 8. The van der Waals surface area contributed by atoms with Crippen molar-refractivity contribution in [2.45, 2.75) is 20.0 Å². The van der Waals surface area contributed by atoms with E-state index in [9.17, 15) is 41.1 Å². The van der Waals surface area contributed by atoms with Crippen molar-refractivity contribution in [3.8, 4) is 70.7 Å². The van der Waals surface area contributed by atoms with Crippen LogP contribution in [0.2, 0.25) is 0 Å². The molecule has 4 amide bonds. The molecule has 25 heteroatoms. The van der Waals surface area contributed by atoms with Crippen molar-refractivity contribution in [2.24, 2.45) is 0 Å². The number of alkyl halides is 3. The molecule has 4 aromatic heterocycles. The molecule has 0 atom stereocenters. The summed E-state index contributed by atoms with van der Waals surface area (Å²) >= 11 is 0. The van der Waals surface area contributed by atoms with Gasteiger partial charge in [0.1, 0.15) is 59.9 Å². The standard InChI is InChI=1S/C20H12F3N3O2.C19H12FN3O2.C18H14FN3O2.C18H15N3O2/c1-2-13-4-3-5-14(6-13)19(27)26-16-7-15(20(21,22)23)8-17(9-16)28-18-10-24-12-25-11-18;1-2-13-4-3-5-14(6-13)19(24)23-16-7-15(20)8-17(9-16)25-18-10-21-12-22-11-18;1-12-3-2-4-13(5-12)18(23)22-15-6-14(19)7-16(8-15)24-17-9-20-11-21-10-17;1-13-4-2-5-14(8-13)18(22)21-15-6-3-7-16(9-15)23-17-10-19-12-20-11-17/h1,3-12H,(H,26,27);1,3-12H,(H,23,24);2-11H,1H3,(H,22,23);2-12H,1H3,(H,21,22). The molecule has 100 heavy (non-hydrogen) atoms. The number of ether oxygens (including phenoxy) is 4. The average Bonchev–Trinajstić information content (AvgIpc) is 0.839. The Bertz CT molecular complexity index is 4920. The SMILES string of the molecule is C#Cc1cccc(C(=O)Nc2cc(F)cc(Oc3cncnc3)c2)c1.C#Cc1cccc(C(=O)Nc2cc(Oc3cncnc3)cc(C(F)(F)F)c2)c1.Cc1cccc(C(=O)Nc2cc(F)cc(Oc3cncnc3)c2)c1.Cc1cccc(C(=O)Nc2cccc(Oc3cncnc3)c2)c1. The van der Waals surface area contributed by atoms with Crippen LogP contribution in [-0.2, 0) is 6.18 Å². The van der Waals surface area contributed by atoms with Crippen LogP contribution < -0.4 is 40.2 Å². The van der Waals surface area contributed by atoms with Gasteiger partial charge in [0.25, 0.3) is 23.6 Å². The van der Waals surface area contributed by atoms with E-state index in [1.807, 2.05) is 50.2 Å². The topological polar surface area (TPSA) is 256 Å². The Kier molecular flexibility index (Phi) is 24.1. The summed E-state index contributed by atoms with van der Waals surface area (Å²) in [6.45, 7) is 3.85. The fraction of sp³-hybridized carbons (Fsp3) is 0.0400. The highest BCUT2D eigenvalue weighted by molar-refractivity contribution is 6.06. The van der Waals surface area contributed by atoms with Crippen molar-refractivity contribution in [3.05, 3.63) is 313 Å². The van der Waals surface area contributed by atoms with Crippen LogP contribution >= 0.6 is 0 Å². The lowest BCUT2D eigenvalue weighted by Gasteiger charge is -2.13. The van der Waals surface area contributed by atoms with E-state index in [0.717, 1.165) is 23.3 Å². The number of aryl methyl sites for hydroxylation is 2. The average molecular weight is 1350 g/mol. The number of terminal acetylenes is 2. The van der Waals surface area contributed by atoms with E-state index in [0.29, 0.717) is 62.2 Å². The smallest absolute Gasteiger partial charge is 0.416 e. The molecule has 496 valence electrons. The minimum Gasteiger partial charge on any atom is -0.454 e. The van der Waals surface area contributed by atoms with Crippen molar-refractivity contribution in [2.75, 3.05) is 21.3 Å². The number of halogens is 5. The predicted molar refractivity (Wildman–Crippen MR) is 362 cm³/mol. The number of hydrogen-bond donors (Lipinski definition) is 4. The van der Waals surface area contributed by atoms with Crippen LogP contribution in [0.4, 0.5) is 44.7 Å². The third-order valence-electron chi connectivity index (χ3n) is 13.1. The van der Waals surface area contributed by atoms with E-state index in [-0.39, 0.29) is 51.8 Å². The second-order valence-corrected chi connectivity index (χ2v) is 20.8. The molecular weight excluding hydrogens is 1290 g/mol. The number of anilines is 4. The molecule has 0 spiro atoms. The van der Waals surface area contributed by atoms with Gasteiger partial charge in [-0.05, 0) is 111 Å². The summed E-state index contributed by atoms with van der Waals surface area (Å²) in [6.07, 6.45) is 23.0. The van der Waals surface area contributed by atoms with Crippen LogP contribution in [0.25, 0.3) is 0 Å². The summed E-state index contributed by atoms with van der Waals surface area (Å²) in [7, 11) is 0. The first kappa shape index (κ1) is 70.3. The lowest BCUT2D eigenvalue weighted by atomic mass is 10.1. The van der Waals surface area contributed by atoms with Gasteiger partial charge in [-0.15, -0.1) is 12.8 Å². The van der Waals surface area contributed by atoms with E-state index < -0.39 is 35.2 Å². The number of carbonyl (C=O) groups excluding carboxylic acids is 4. The molecule has 20 nitrogen and oxygen atoms in total. The third kappa shape index (κ3) is 22.0. The van der Waals surface area contributed by atoms with Crippen LogP contribution in [0.5, 0.6) is 46.0 Å². The first-order valence-electron chi connectivity index (χ1n) is 29.5. The maximum atomic E-state index is 13.8. The van der Waals surface area contributed by atoms with Crippen LogP contribution in [-0.4, -0.2) is 63.5 Å². The Morgan fingerprint density at radius 1 is 0.350 bits per heavy atom. The van der Waals surface area contributed by atoms with Crippen molar-refractivity contribution in [1.82, 2.24) is 39.9 Å². The van der Waals surface area contributed by atoms with E-state index in [1.165, 1.54) is 117 Å². The molecule has 0 fully saturated rings. The van der Waals surface area contributed by atoms with Crippen molar-refractivity contribution < 1.29 is 60.1 Å². The number of rotatable bonds is 16. The van der Waals surface area contributed by atoms with Crippen LogP contribution in [0, 0.1) is 50.2 Å². The Morgan fingerprint density at radius 3 is 1.02 bits per heavy atom. The summed E-state index contributed by atoms with van der Waals surface area (Å²) in [5.74, 6) is 4.62. The second-order valence-electron chi connectivity index (χ2n) is 20.8. The minimum atomic E-state index is -4.63. The van der Waals surface area contributed by atoms with Crippen LogP contribution in [0.3, 0.4) is 0 Å². The zero-order valence-electron chi connectivity index (χ0n) is 52.6. The second kappa shape index (κ2) is 34.4. The van der Waals surface area contributed by atoms with Gasteiger partial charge < -0.3 is 40.2 Å². The van der Waals surface area contributed by atoms with Gasteiger partial charge in [0, 0.05) is 92.5 Å². The van der Waals surface area contributed by atoms with Gasteiger partial charge >= 0.3 is 6.18 Å². The Morgan fingerprint density at radius 2 is 0.660 bits per heavy atom. The summed E-state index contributed by atoms with van der Waals surface area (Å²) in [6, 6.07) is 45.3. The molecule has 0 aliphatic heterocycles. The van der Waals surface area contributed by atoms with Crippen LogP contribution in [0.1, 0.15) is 69.2 Å². The Hall–Kier alpha value is -14.1. The lowest BCUT2D eigenvalue weighted by molar-refractivity contribution is -0.137. The summed E-state index contributed by atoms with van der Waals surface area (Å²) in [5.41, 5.74) is 4.92. The molecule has 0 aliphatic rings. The third-order valence-corrected chi connectivity index (χ3v) is 13.1. The molecule has 0 radical (unpaired) electrons. The predicted octanol–water partition coefficient (Wildman–Crippen LogP) is 16.0. The lowest BCUT2D eigenvalue weighted by Crippen LogP contribution is -2.13. The van der Waals surface area contributed by atoms with E-state index >= 15 is 0 Å². The van der Waals surface area contributed by atoms with Crippen LogP contribution in [0.15, 0.2) is 251 Å². The summed E-state index contributed by atoms with van der Waals surface area (Å²) < 4.78 is 89.3. The van der Waals surface area contributed by atoms with Gasteiger partial charge in [-0.2, -0.15) is 13.2 Å². The number of hydrogen-bond acceptors (Lipinski definition) is 16. The van der Waals surface area contributed by atoms with Gasteiger partial charge in [-0.1, -0.05) is 65.4 Å². The first-order chi connectivity index (χ1) is 48.3. The normalized spacial score (nSPS) is 10.3. The van der Waals surface area contributed by atoms with E-state index in [4.69, 9.17) is 31.8 Å². The van der Waals surface area contributed by atoms with E-state index in [1.54, 1.807) is 85.2 Å². The zero-order chi connectivity index (χ0) is 70.8. The Labute approximate surface area is 568 Å². The molecule has 8 aromatic carbocycles. The minimum absolute atomic E-state index is 0.0854. The molecule has 12 aromatic rings. The van der Waals surface area contributed by atoms with Crippen molar-refractivity contribution in [3.63, 3.8) is 0 Å². The Balaban J connectivity index is 0.000000156. The summed E-state index contributed by atoms with van der Waals surface area (Å²) in [5, 5.41) is 10.6. The monoisotopic (exact) mass is 1340 g/mol. The number of benzene rings is 8. The van der Waals surface area contributed by atoms with Crippen molar-refractivity contribution in [1.29, 1.82) is 0 Å². The van der Waals surface area contributed by atoms with Gasteiger partial charge in [0.2, 0.25) is 0 Å². The van der Waals surface area contributed by atoms with E-state index in [2.05, 4.69) is 73.0 Å². The molecule has 0 saturated carbocycles. The van der Waals surface area contributed by atoms with Crippen molar-refractivity contribution >= 4 is 46.4 Å². The quantitative estimate of drug-likeness (QED) is 0.0518. The fourth-order valence-corrected chi connectivity index (χ4v) is 8.70. The first-order valence-corrected chi connectivity index (χ1v) is 29.5. The number of amides is 4. The molecule has 0 bridgehead atoms. The largest absolute Gasteiger partial charge is 0.454 e. The highest BCUT2D eigenvalue weighted by atomic mass is 19.4. The maximum Gasteiger partial charge on any atom is 0.416 e. The molecular formula is C75H53F5N12O8. The summed E-state index contributed by atoms with van der Waals surface area (Å²) in [4.78, 5) is 79.7. The van der Waals surface area contributed by atoms with Gasteiger partial charge in [-0.3, -0.25) is 19.2 Å². The maximum absolute atomic E-state index is 13.8. The molecule has 0 unspecified atom stereocenters. The highest BCUT2D eigenvalue weighted by Crippen LogP contribution is 2.36. The van der Waals surface area contributed by atoms with Gasteiger partial charge in [0.15, 0.2) is 23.0 Å². The number of nitrogens with zero attached hydrogens (tertiary/aromatic N) is 8. The molecule has 4 heterocycles. The highest BCUT2D eigenvalue weighted by Gasteiger charge is 2.32. The fourth-order valence-electron chi connectivity index (χ4n) is 8.70. The zero-order valence-corrected chi connectivity index (χ0v) is 52.6. The molecule has 12 rings (SSSR count). The molecule has 4 N–H and O–H groups in total. The molecule has 0 saturated heterocycles.